The topological polar surface area (TPSA) is 81.0 Å². The first-order valence-corrected chi connectivity index (χ1v) is 9.73. The molecule has 1 aliphatic rings. The zero-order chi connectivity index (χ0) is 20.9. The fourth-order valence-corrected chi connectivity index (χ4v) is 3.81. The van der Waals surface area contributed by atoms with Gasteiger partial charge in [-0.05, 0) is 42.7 Å². The summed E-state index contributed by atoms with van der Waals surface area (Å²) in [5, 5.41) is 3.08. The van der Waals surface area contributed by atoms with Crippen molar-refractivity contribution >= 4 is 11.8 Å². The number of carbonyl (C=O) groups is 2. The van der Waals surface area contributed by atoms with Crippen LogP contribution in [-0.4, -0.2) is 43.5 Å². The monoisotopic (exact) mass is 400 g/mol. The molecule has 1 fully saturated rings. The molecule has 1 aromatic carbocycles. The van der Waals surface area contributed by atoms with Gasteiger partial charge in [-0.1, -0.05) is 6.07 Å². The molecule has 1 N–H and O–H groups in total. The van der Waals surface area contributed by atoms with Crippen LogP contribution in [0.1, 0.15) is 37.0 Å². The summed E-state index contributed by atoms with van der Waals surface area (Å²) in [6, 6.07) is 9.36. The molecule has 0 bridgehead atoms. The molecule has 29 heavy (non-hydrogen) atoms. The normalized spacial score (nSPS) is 18.4. The number of nitrogens with one attached hydrogen (secondary N) is 1. The molecule has 3 rings (SSSR count). The van der Waals surface area contributed by atoms with Crippen molar-refractivity contribution in [2.24, 2.45) is 0 Å². The minimum Gasteiger partial charge on any atom is -0.493 e. The van der Waals surface area contributed by atoms with Crippen molar-refractivity contribution in [1.29, 1.82) is 0 Å². The summed E-state index contributed by atoms with van der Waals surface area (Å²) in [7, 11) is 4.96. The third kappa shape index (κ3) is 5.10. The van der Waals surface area contributed by atoms with Crippen molar-refractivity contribution in [3.8, 4) is 11.5 Å². The van der Waals surface area contributed by atoms with Gasteiger partial charge in [-0.3, -0.25) is 9.59 Å². The highest BCUT2D eigenvalue weighted by atomic mass is 16.5. The Morgan fingerprint density at radius 2 is 2.03 bits per heavy atom. The first-order chi connectivity index (χ1) is 13.9. The van der Waals surface area contributed by atoms with Crippen molar-refractivity contribution in [2.45, 2.75) is 44.2 Å². The average Bonchev–Trinajstić information content (AvgIpc) is 3.36. The molecule has 1 atom stereocenters. The van der Waals surface area contributed by atoms with Crippen LogP contribution in [0.3, 0.4) is 0 Å². The van der Waals surface area contributed by atoms with Crippen molar-refractivity contribution in [1.82, 2.24) is 10.2 Å². The molecule has 7 nitrogen and oxygen atoms in total. The van der Waals surface area contributed by atoms with Crippen LogP contribution in [0.25, 0.3) is 0 Å². The van der Waals surface area contributed by atoms with E-state index in [1.807, 2.05) is 30.3 Å². The SMILES string of the molecule is COc1ccc(CN(C)C(=O)CC[C@]2(Cc3ccco3)CCC(=O)N2)cc1OC. The predicted octanol–water partition coefficient (Wildman–Crippen LogP) is 2.93. The summed E-state index contributed by atoms with van der Waals surface area (Å²) >= 11 is 0. The molecule has 2 aromatic rings. The van der Waals surface area contributed by atoms with Crippen LogP contribution >= 0.6 is 0 Å². The summed E-state index contributed by atoms with van der Waals surface area (Å²) in [6.45, 7) is 0.469. The molecule has 0 unspecified atom stereocenters. The first kappa shape index (κ1) is 20.8. The third-order valence-corrected chi connectivity index (χ3v) is 5.44. The van der Waals surface area contributed by atoms with Gasteiger partial charge in [0.2, 0.25) is 11.8 Å². The lowest BCUT2D eigenvalue weighted by Gasteiger charge is -2.29. The van der Waals surface area contributed by atoms with Gasteiger partial charge >= 0.3 is 0 Å². The third-order valence-electron chi connectivity index (χ3n) is 5.44. The number of furan rings is 1. The highest BCUT2D eigenvalue weighted by Crippen LogP contribution is 2.31. The van der Waals surface area contributed by atoms with Crippen molar-refractivity contribution < 1.29 is 23.5 Å². The predicted molar refractivity (Wildman–Crippen MR) is 108 cm³/mol. The van der Waals surface area contributed by atoms with Crippen molar-refractivity contribution in [3.63, 3.8) is 0 Å². The fourth-order valence-electron chi connectivity index (χ4n) is 3.81. The summed E-state index contributed by atoms with van der Waals surface area (Å²) in [4.78, 5) is 26.3. The Bertz CT molecular complexity index is 849. The van der Waals surface area contributed by atoms with Gasteiger partial charge in [-0.2, -0.15) is 0 Å². The zero-order valence-corrected chi connectivity index (χ0v) is 17.2. The van der Waals surface area contributed by atoms with E-state index >= 15 is 0 Å². The van der Waals surface area contributed by atoms with E-state index in [1.165, 1.54) is 0 Å². The lowest BCUT2D eigenvalue weighted by Crippen LogP contribution is -2.44. The Kier molecular flexibility index (Phi) is 6.46. The van der Waals surface area contributed by atoms with Gasteiger partial charge in [0.25, 0.3) is 0 Å². The van der Waals surface area contributed by atoms with Gasteiger partial charge in [0.1, 0.15) is 5.76 Å². The van der Waals surface area contributed by atoms with E-state index in [4.69, 9.17) is 13.9 Å². The van der Waals surface area contributed by atoms with Gasteiger partial charge in [0.05, 0.1) is 20.5 Å². The Labute approximate surface area is 171 Å². The highest BCUT2D eigenvalue weighted by Gasteiger charge is 2.38. The highest BCUT2D eigenvalue weighted by molar-refractivity contribution is 5.80. The first-order valence-electron chi connectivity index (χ1n) is 9.73. The smallest absolute Gasteiger partial charge is 0.222 e. The maximum atomic E-state index is 12.7. The van der Waals surface area contributed by atoms with Crippen LogP contribution in [0.2, 0.25) is 0 Å². The summed E-state index contributed by atoms with van der Waals surface area (Å²) in [5.74, 6) is 2.17. The molecule has 156 valence electrons. The largest absolute Gasteiger partial charge is 0.493 e. The number of carbonyl (C=O) groups excluding carboxylic acids is 2. The van der Waals surface area contributed by atoms with Gasteiger partial charge in [-0.15, -0.1) is 0 Å². The molecule has 1 aromatic heterocycles. The number of amides is 2. The van der Waals surface area contributed by atoms with Crippen molar-refractivity contribution in [2.75, 3.05) is 21.3 Å². The molecule has 0 radical (unpaired) electrons. The molecule has 0 aliphatic carbocycles. The Balaban J connectivity index is 1.60. The molecule has 1 aliphatic heterocycles. The van der Waals surface area contributed by atoms with E-state index in [2.05, 4.69) is 5.32 Å². The van der Waals surface area contributed by atoms with Gasteiger partial charge in [0.15, 0.2) is 11.5 Å². The van der Waals surface area contributed by atoms with Crippen LogP contribution in [0.15, 0.2) is 41.0 Å². The average molecular weight is 400 g/mol. The lowest BCUT2D eigenvalue weighted by atomic mass is 9.87. The van der Waals surface area contributed by atoms with E-state index in [0.717, 1.165) is 11.3 Å². The lowest BCUT2D eigenvalue weighted by molar-refractivity contribution is -0.131. The van der Waals surface area contributed by atoms with Gasteiger partial charge in [-0.25, -0.2) is 0 Å². The van der Waals surface area contributed by atoms with E-state index in [1.54, 1.807) is 32.4 Å². The molecule has 1 saturated heterocycles. The number of methoxy groups -OCH3 is 2. The van der Waals surface area contributed by atoms with Crippen LogP contribution in [0.4, 0.5) is 0 Å². The van der Waals surface area contributed by atoms with Crippen molar-refractivity contribution in [3.05, 3.63) is 47.9 Å². The number of nitrogens with zero attached hydrogens (tertiary/aromatic N) is 1. The number of ether oxygens (including phenoxy) is 2. The van der Waals surface area contributed by atoms with Gasteiger partial charge < -0.3 is 24.1 Å². The summed E-state index contributed by atoms with van der Waals surface area (Å²) < 4.78 is 16.0. The molecular weight excluding hydrogens is 372 g/mol. The maximum Gasteiger partial charge on any atom is 0.222 e. The molecular formula is C22H28N2O5. The van der Waals surface area contributed by atoms with Gasteiger partial charge in [0, 0.05) is 38.4 Å². The quantitative estimate of drug-likeness (QED) is 0.700. The number of rotatable bonds is 9. The second-order valence-corrected chi connectivity index (χ2v) is 7.52. The Morgan fingerprint density at radius 3 is 2.66 bits per heavy atom. The van der Waals surface area contributed by atoms with E-state index in [9.17, 15) is 9.59 Å². The molecule has 2 amide bonds. The van der Waals surface area contributed by atoms with Crippen LogP contribution < -0.4 is 14.8 Å². The molecule has 2 heterocycles. The standard InChI is InChI=1S/C22H28N2O5/c1-24(15-16-6-7-18(27-2)19(13-16)28-3)21(26)9-11-22(10-8-20(25)23-22)14-17-5-4-12-29-17/h4-7,12-13H,8-11,14-15H2,1-3H3,(H,23,25)/t22-/m0/s1. The van der Waals surface area contributed by atoms with Crippen LogP contribution in [0, 0.1) is 0 Å². The summed E-state index contributed by atoms with van der Waals surface area (Å²) in [6.07, 6.45) is 4.34. The van der Waals surface area contributed by atoms with E-state index in [0.29, 0.717) is 50.1 Å². The Morgan fingerprint density at radius 1 is 1.24 bits per heavy atom. The van der Waals surface area contributed by atoms with Crippen LogP contribution in [-0.2, 0) is 22.6 Å². The fraction of sp³-hybridized carbons (Fsp3) is 0.455. The molecule has 0 spiro atoms. The second kappa shape index (κ2) is 9.03. The minimum absolute atomic E-state index is 0.0275. The van der Waals surface area contributed by atoms with E-state index in [-0.39, 0.29) is 11.8 Å². The summed E-state index contributed by atoms with van der Waals surface area (Å²) in [5.41, 5.74) is 0.535. The number of hydrogen-bond acceptors (Lipinski definition) is 5. The Hall–Kier alpha value is -2.96. The minimum atomic E-state index is -0.422. The molecule has 7 heteroatoms. The van der Waals surface area contributed by atoms with Crippen LogP contribution in [0.5, 0.6) is 11.5 Å². The molecule has 0 saturated carbocycles. The zero-order valence-electron chi connectivity index (χ0n) is 17.2. The number of hydrogen-bond donors (Lipinski definition) is 1. The maximum absolute atomic E-state index is 12.7. The second-order valence-electron chi connectivity index (χ2n) is 7.52. The number of benzene rings is 1. The van der Waals surface area contributed by atoms with E-state index < -0.39 is 5.54 Å².